The number of rotatable bonds is 3. The van der Waals surface area contributed by atoms with Crippen molar-refractivity contribution in [2.24, 2.45) is 0 Å². The molecule has 2 N–H and O–H groups in total. The number of benzene rings is 2. The van der Waals surface area contributed by atoms with Gasteiger partial charge in [0.15, 0.2) is 5.11 Å². The van der Waals surface area contributed by atoms with Gasteiger partial charge in [-0.1, -0.05) is 59.1 Å². The first-order valence-electron chi connectivity index (χ1n) is 6.76. The highest BCUT2D eigenvalue weighted by atomic mass is 35.5. The maximum atomic E-state index is 11.9. The average molecular weight is 365 g/mol. The summed E-state index contributed by atoms with van der Waals surface area (Å²) >= 11 is 17.0. The standard InChI is InChI=1S/C17H14Cl2N2OS/c1-11-5-7-12(8-6-11)9-10-15(22)21-17(23)20-14-4-2-3-13(18)16(14)19/h2-10H,1H3,(H2,20,21,22,23)/b10-9-. The van der Waals surface area contributed by atoms with Crippen LogP contribution in [-0.4, -0.2) is 11.0 Å². The van der Waals surface area contributed by atoms with Gasteiger partial charge in [-0.3, -0.25) is 10.1 Å². The molecule has 2 aromatic rings. The molecule has 0 unspecified atom stereocenters. The van der Waals surface area contributed by atoms with E-state index in [1.807, 2.05) is 31.2 Å². The number of thiocarbonyl (C=S) groups is 1. The molecule has 0 radical (unpaired) electrons. The van der Waals surface area contributed by atoms with Gasteiger partial charge in [-0.2, -0.15) is 0 Å². The van der Waals surface area contributed by atoms with Gasteiger partial charge in [-0.15, -0.1) is 0 Å². The molecule has 2 aromatic carbocycles. The Morgan fingerprint density at radius 2 is 1.83 bits per heavy atom. The van der Waals surface area contributed by atoms with Gasteiger partial charge in [0.2, 0.25) is 5.91 Å². The number of halogens is 2. The lowest BCUT2D eigenvalue weighted by atomic mass is 10.1. The Balaban J connectivity index is 1.93. The molecule has 0 saturated heterocycles. The minimum atomic E-state index is -0.332. The average Bonchev–Trinajstić information content (AvgIpc) is 2.51. The van der Waals surface area contributed by atoms with E-state index >= 15 is 0 Å². The Hall–Kier alpha value is -1.88. The first-order chi connectivity index (χ1) is 11.0. The van der Waals surface area contributed by atoms with Crippen LogP contribution in [0.2, 0.25) is 10.0 Å². The smallest absolute Gasteiger partial charge is 0.250 e. The van der Waals surface area contributed by atoms with Crippen LogP contribution in [0, 0.1) is 6.92 Å². The normalized spacial score (nSPS) is 10.6. The van der Waals surface area contributed by atoms with Gasteiger partial charge in [-0.25, -0.2) is 0 Å². The van der Waals surface area contributed by atoms with E-state index in [1.165, 1.54) is 6.08 Å². The lowest BCUT2D eigenvalue weighted by Crippen LogP contribution is -2.32. The van der Waals surface area contributed by atoms with E-state index in [0.29, 0.717) is 15.7 Å². The van der Waals surface area contributed by atoms with Gasteiger partial charge in [0, 0.05) is 6.08 Å². The van der Waals surface area contributed by atoms with Crippen LogP contribution >= 0.6 is 35.4 Å². The van der Waals surface area contributed by atoms with Crippen molar-refractivity contribution < 1.29 is 4.79 Å². The fourth-order valence-electron chi connectivity index (χ4n) is 1.76. The molecule has 0 aliphatic carbocycles. The summed E-state index contributed by atoms with van der Waals surface area (Å²) in [6.07, 6.45) is 3.13. The van der Waals surface area contributed by atoms with Crippen LogP contribution in [0.15, 0.2) is 48.5 Å². The van der Waals surface area contributed by atoms with E-state index in [2.05, 4.69) is 10.6 Å². The number of hydrogen-bond acceptors (Lipinski definition) is 2. The molecule has 0 aromatic heterocycles. The molecule has 0 bridgehead atoms. The van der Waals surface area contributed by atoms with Crippen molar-refractivity contribution in [3.05, 3.63) is 69.7 Å². The molecule has 0 aliphatic rings. The van der Waals surface area contributed by atoms with Crippen molar-refractivity contribution in [1.82, 2.24) is 5.32 Å². The van der Waals surface area contributed by atoms with Crippen LogP contribution in [0.5, 0.6) is 0 Å². The van der Waals surface area contributed by atoms with Crippen molar-refractivity contribution in [2.75, 3.05) is 5.32 Å². The Kier molecular flexibility index (Phi) is 6.16. The number of aryl methyl sites for hydroxylation is 1. The predicted molar refractivity (Wildman–Crippen MR) is 101 cm³/mol. The van der Waals surface area contributed by atoms with Gasteiger partial charge >= 0.3 is 0 Å². The van der Waals surface area contributed by atoms with Crippen LogP contribution < -0.4 is 10.6 Å². The molecule has 118 valence electrons. The SMILES string of the molecule is Cc1ccc(/C=C\C(=O)NC(=S)Nc2cccc(Cl)c2Cl)cc1. The topological polar surface area (TPSA) is 41.1 Å². The van der Waals surface area contributed by atoms with Crippen molar-refractivity contribution in [3.63, 3.8) is 0 Å². The first kappa shape index (κ1) is 17.5. The maximum absolute atomic E-state index is 11.9. The molecule has 0 aliphatic heterocycles. The molecule has 6 heteroatoms. The van der Waals surface area contributed by atoms with Gasteiger partial charge in [0.05, 0.1) is 15.7 Å². The number of anilines is 1. The van der Waals surface area contributed by atoms with E-state index in [-0.39, 0.29) is 11.0 Å². The van der Waals surface area contributed by atoms with Crippen molar-refractivity contribution in [2.45, 2.75) is 6.92 Å². The lowest BCUT2D eigenvalue weighted by molar-refractivity contribution is -0.115. The zero-order valence-electron chi connectivity index (χ0n) is 12.3. The molecule has 0 atom stereocenters. The van der Waals surface area contributed by atoms with Crippen LogP contribution in [0.1, 0.15) is 11.1 Å². The Morgan fingerprint density at radius 1 is 1.13 bits per heavy atom. The molecular weight excluding hydrogens is 351 g/mol. The minimum Gasteiger partial charge on any atom is -0.331 e. The Morgan fingerprint density at radius 3 is 2.52 bits per heavy atom. The molecular formula is C17H14Cl2N2OS. The summed E-state index contributed by atoms with van der Waals surface area (Å²) in [6.45, 7) is 2.01. The third kappa shape index (κ3) is 5.36. The quantitative estimate of drug-likeness (QED) is 0.605. The van der Waals surface area contributed by atoms with E-state index in [0.717, 1.165) is 11.1 Å². The van der Waals surface area contributed by atoms with E-state index < -0.39 is 0 Å². The van der Waals surface area contributed by atoms with Crippen molar-refractivity contribution in [3.8, 4) is 0 Å². The summed E-state index contributed by atoms with van der Waals surface area (Å²) in [7, 11) is 0. The number of carbonyl (C=O) groups is 1. The van der Waals surface area contributed by atoms with E-state index in [4.69, 9.17) is 35.4 Å². The molecule has 1 amide bonds. The Bertz CT molecular complexity index is 758. The van der Waals surface area contributed by atoms with Gasteiger partial charge in [0.25, 0.3) is 0 Å². The molecule has 23 heavy (non-hydrogen) atoms. The second kappa shape index (κ2) is 8.11. The van der Waals surface area contributed by atoms with Gasteiger partial charge in [-0.05, 0) is 42.9 Å². The van der Waals surface area contributed by atoms with Gasteiger partial charge in [0.1, 0.15) is 0 Å². The third-order valence-corrected chi connectivity index (χ3v) is 3.96. The predicted octanol–water partition coefficient (Wildman–Crippen LogP) is 4.83. The van der Waals surface area contributed by atoms with Crippen LogP contribution in [-0.2, 0) is 4.79 Å². The van der Waals surface area contributed by atoms with E-state index in [9.17, 15) is 4.79 Å². The second-order valence-corrected chi connectivity index (χ2v) is 5.98. The fraction of sp³-hybridized carbons (Fsp3) is 0.0588. The van der Waals surface area contributed by atoms with Crippen molar-refractivity contribution >= 4 is 58.2 Å². The first-order valence-corrected chi connectivity index (χ1v) is 7.93. The number of hydrogen-bond donors (Lipinski definition) is 2. The maximum Gasteiger partial charge on any atom is 0.250 e. The summed E-state index contributed by atoms with van der Waals surface area (Å²) in [5, 5.41) is 6.29. The monoisotopic (exact) mass is 364 g/mol. The summed E-state index contributed by atoms with van der Waals surface area (Å²) in [5.74, 6) is -0.332. The van der Waals surface area contributed by atoms with Gasteiger partial charge < -0.3 is 5.32 Å². The highest BCUT2D eigenvalue weighted by Crippen LogP contribution is 2.29. The summed E-state index contributed by atoms with van der Waals surface area (Å²) in [6, 6.07) is 12.9. The second-order valence-electron chi connectivity index (χ2n) is 4.79. The largest absolute Gasteiger partial charge is 0.331 e. The number of nitrogens with one attached hydrogen (secondary N) is 2. The van der Waals surface area contributed by atoms with Crippen LogP contribution in [0.4, 0.5) is 5.69 Å². The molecule has 0 spiro atoms. The summed E-state index contributed by atoms with van der Waals surface area (Å²) in [4.78, 5) is 11.9. The minimum absolute atomic E-state index is 0.146. The van der Waals surface area contributed by atoms with Crippen molar-refractivity contribution in [1.29, 1.82) is 0 Å². The highest BCUT2D eigenvalue weighted by Gasteiger charge is 2.07. The summed E-state index contributed by atoms with van der Waals surface area (Å²) < 4.78 is 0. The van der Waals surface area contributed by atoms with Crippen LogP contribution in [0.3, 0.4) is 0 Å². The lowest BCUT2D eigenvalue weighted by Gasteiger charge is -2.10. The molecule has 3 nitrogen and oxygen atoms in total. The molecule has 0 saturated carbocycles. The fourth-order valence-corrected chi connectivity index (χ4v) is 2.32. The van der Waals surface area contributed by atoms with E-state index in [1.54, 1.807) is 24.3 Å². The number of carbonyl (C=O) groups excluding carboxylic acids is 1. The summed E-state index contributed by atoms with van der Waals surface area (Å²) in [5.41, 5.74) is 2.63. The zero-order valence-corrected chi connectivity index (χ0v) is 14.6. The molecule has 0 fully saturated rings. The third-order valence-electron chi connectivity index (χ3n) is 2.94. The Labute approximate surface area is 150 Å². The highest BCUT2D eigenvalue weighted by molar-refractivity contribution is 7.80. The van der Waals surface area contributed by atoms with Crippen LogP contribution in [0.25, 0.3) is 6.08 Å². The number of amides is 1. The molecule has 0 heterocycles. The zero-order chi connectivity index (χ0) is 16.8. The molecule has 2 rings (SSSR count).